The van der Waals surface area contributed by atoms with Gasteiger partial charge in [-0.15, -0.1) is 0 Å². The van der Waals surface area contributed by atoms with Crippen LogP contribution < -0.4 is 14.4 Å². The third kappa shape index (κ3) is 4.42. The zero-order chi connectivity index (χ0) is 19.4. The summed E-state index contributed by atoms with van der Waals surface area (Å²) in [7, 11) is -3.90. The standard InChI is InChI=1S/C18H20FN3O4S/c1-2-26-16-6-5-14(11-15(16)19)27(24,25)21-12-13-7-8-20-17(10-13)22-9-3-4-18(22)23/h5-8,10-11,21H,2-4,9,12H2,1H3. The zero-order valence-electron chi connectivity index (χ0n) is 14.8. The molecule has 0 saturated carbocycles. The van der Waals surface area contributed by atoms with Crippen LogP contribution in [-0.2, 0) is 21.4 Å². The number of halogens is 1. The van der Waals surface area contributed by atoms with Crippen molar-refractivity contribution in [2.75, 3.05) is 18.1 Å². The molecule has 0 atom stereocenters. The van der Waals surface area contributed by atoms with Gasteiger partial charge < -0.3 is 4.74 Å². The summed E-state index contributed by atoms with van der Waals surface area (Å²) < 4.78 is 46.3. The molecule has 1 N–H and O–H groups in total. The summed E-state index contributed by atoms with van der Waals surface area (Å²) >= 11 is 0. The highest BCUT2D eigenvalue weighted by atomic mass is 32.2. The molecule has 144 valence electrons. The van der Waals surface area contributed by atoms with Crippen molar-refractivity contribution in [3.8, 4) is 5.75 Å². The molecule has 7 nitrogen and oxygen atoms in total. The van der Waals surface area contributed by atoms with Crippen molar-refractivity contribution in [2.24, 2.45) is 0 Å². The SMILES string of the molecule is CCOc1ccc(S(=O)(=O)NCc2ccnc(N3CCCC3=O)c2)cc1F. The minimum atomic E-state index is -3.90. The van der Waals surface area contributed by atoms with Crippen LogP contribution in [0.25, 0.3) is 0 Å². The first-order valence-electron chi connectivity index (χ1n) is 8.58. The molecule has 1 fully saturated rings. The highest BCUT2D eigenvalue weighted by molar-refractivity contribution is 7.89. The normalized spacial score (nSPS) is 14.6. The number of aromatic nitrogens is 1. The van der Waals surface area contributed by atoms with E-state index in [4.69, 9.17) is 4.74 Å². The quantitative estimate of drug-likeness (QED) is 0.779. The average Bonchev–Trinajstić information content (AvgIpc) is 3.08. The van der Waals surface area contributed by atoms with E-state index < -0.39 is 15.8 Å². The van der Waals surface area contributed by atoms with Crippen LogP contribution in [0.5, 0.6) is 5.75 Å². The van der Waals surface area contributed by atoms with Gasteiger partial charge >= 0.3 is 0 Å². The van der Waals surface area contributed by atoms with E-state index in [9.17, 15) is 17.6 Å². The average molecular weight is 393 g/mol. The first-order chi connectivity index (χ1) is 12.9. The minimum absolute atomic E-state index is 0.00472. The summed E-state index contributed by atoms with van der Waals surface area (Å²) in [5, 5.41) is 0. The summed E-state index contributed by atoms with van der Waals surface area (Å²) in [5.74, 6) is -0.227. The van der Waals surface area contributed by atoms with E-state index in [1.807, 2.05) is 0 Å². The number of nitrogens with one attached hydrogen (secondary N) is 1. The highest BCUT2D eigenvalue weighted by Gasteiger charge is 2.23. The van der Waals surface area contributed by atoms with Gasteiger partial charge in [0, 0.05) is 25.7 Å². The molecule has 1 aliphatic heterocycles. The predicted molar refractivity (Wildman–Crippen MR) is 97.4 cm³/mol. The Labute approximate surface area is 157 Å². The summed E-state index contributed by atoms with van der Waals surface area (Å²) in [6.07, 6.45) is 2.80. The summed E-state index contributed by atoms with van der Waals surface area (Å²) in [5.41, 5.74) is 0.648. The van der Waals surface area contributed by atoms with Gasteiger partial charge in [0.1, 0.15) is 5.82 Å². The molecule has 3 rings (SSSR count). The van der Waals surface area contributed by atoms with E-state index in [-0.39, 0.29) is 29.7 Å². The van der Waals surface area contributed by atoms with Crippen molar-refractivity contribution in [1.82, 2.24) is 9.71 Å². The van der Waals surface area contributed by atoms with Gasteiger partial charge in [0.25, 0.3) is 0 Å². The first kappa shape index (κ1) is 19.2. The van der Waals surface area contributed by atoms with Gasteiger partial charge in [-0.2, -0.15) is 0 Å². The molecule has 9 heteroatoms. The lowest BCUT2D eigenvalue weighted by Crippen LogP contribution is -2.26. The molecule has 0 aliphatic carbocycles. The Bertz CT molecular complexity index is 949. The second-order valence-electron chi connectivity index (χ2n) is 6.02. The van der Waals surface area contributed by atoms with E-state index in [1.54, 1.807) is 24.0 Å². The second-order valence-corrected chi connectivity index (χ2v) is 7.79. The van der Waals surface area contributed by atoms with Crippen molar-refractivity contribution in [2.45, 2.75) is 31.2 Å². The van der Waals surface area contributed by atoms with Gasteiger partial charge in [0.15, 0.2) is 11.6 Å². The third-order valence-corrected chi connectivity index (χ3v) is 5.54. The van der Waals surface area contributed by atoms with Crippen molar-refractivity contribution in [1.29, 1.82) is 0 Å². The van der Waals surface area contributed by atoms with Crippen LogP contribution in [-0.4, -0.2) is 32.5 Å². The van der Waals surface area contributed by atoms with Crippen LogP contribution in [0.15, 0.2) is 41.4 Å². The number of benzene rings is 1. The van der Waals surface area contributed by atoms with Gasteiger partial charge in [-0.3, -0.25) is 9.69 Å². The number of rotatable bonds is 7. The number of carbonyl (C=O) groups excluding carboxylic acids is 1. The fourth-order valence-corrected chi connectivity index (χ4v) is 3.82. The third-order valence-electron chi connectivity index (χ3n) is 4.14. The smallest absolute Gasteiger partial charge is 0.240 e. The minimum Gasteiger partial charge on any atom is -0.491 e. The monoisotopic (exact) mass is 393 g/mol. The number of amides is 1. The Morgan fingerprint density at radius 3 is 2.78 bits per heavy atom. The maximum Gasteiger partial charge on any atom is 0.240 e. The van der Waals surface area contributed by atoms with Gasteiger partial charge in [-0.25, -0.2) is 22.5 Å². The van der Waals surface area contributed by atoms with Crippen molar-refractivity contribution in [3.05, 3.63) is 47.9 Å². The Balaban J connectivity index is 1.72. The largest absolute Gasteiger partial charge is 0.491 e. The summed E-state index contributed by atoms with van der Waals surface area (Å²) in [6.45, 7) is 2.59. The van der Waals surface area contributed by atoms with E-state index in [0.717, 1.165) is 12.5 Å². The van der Waals surface area contributed by atoms with Crippen LogP contribution in [0.1, 0.15) is 25.3 Å². The van der Waals surface area contributed by atoms with Crippen molar-refractivity contribution in [3.63, 3.8) is 0 Å². The number of hydrogen-bond acceptors (Lipinski definition) is 5. The first-order valence-corrected chi connectivity index (χ1v) is 10.1. The molecular formula is C18H20FN3O4S. The Morgan fingerprint density at radius 2 is 2.11 bits per heavy atom. The zero-order valence-corrected chi connectivity index (χ0v) is 15.6. The number of nitrogens with zero attached hydrogens (tertiary/aromatic N) is 2. The van der Waals surface area contributed by atoms with E-state index in [2.05, 4.69) is 9.71 Å². The topological polar surface area (TPSA) is 88.6 Å². The molecule has 0 spiro atoms. The molecule has 1 amide bonds. The number of pyridine rings is 1. The number of sulfonamides is 1. The van der Waals surface area contributed by atoms with Crippen LogP contribution in [0.3, 0.4) is 0 Å². The fraction of sp³-hybridized carbons (Fsp3) is 0.333. The lowest BCUT2D eigenvalue weighted by atomic mass is 10.2. The second kappa shape index (κ2) is 8.01. The molecule has 2 heterocycles. The molecular weight excluding hydrogens is 373 g/mol. The molecule has 1 aromatic carbocycles. The van der Waals surface area contributed by atoms with Crippen LogP contribution >= 0.6 is 0 Å². The molecule has 27 heavy (non-hydrogen) atoms. The molecule has 2 aromatic rings. The summed E-state index contributed by atoms with van der Waals surface area (Å²) in [6, 6.07) is 6.83. The van der Waals surface area contributed by atoms with Crippen molar-refractivity contribution < 1.29 is 22.3 Å². The van der Waals surface area contributed by atoms with E-state index >= 15 is 0 Å². The number of hydrogen-bond donors (Lipinski definition) is 1. The molecule has 1 saturated heterocycles. The Hall–Kier alpha value is -2.52. The van der Waals surface area contributed by atoms with Gasteiger partial charge in [-0.1, -0.05) is 0 Å². The van der Waals surface area contributed by atoms with E-state index in [0.29, 0.717) is 24.3 Å². The van der Waals surface area contributed by atoms with Crippen molar-refractivity contribution >= 4 is 21.7 Å². The number of anilines is 1. The molecule has 1 aromatic heterocycles. The maximum absolute atomic E-state index is 13.9. The number of carbonyl (C=O) groups is 1. The van der Waals surface area contributed by atoms with Gasteiger partial charge in [-0.05, 0) is 49.2 Å². The van der Waals surface area contributed by atoms with Crippen LogP contribution in [0.4, 0.5) is 10.2 Å². The molecule has 0 radical (unpaired) electrons. The lowest BCUT2D eigenvalue weighted by Gasteiger charge is -2.15. The van der Waals surface area contributed by atoms with E-state index in [1.165, 1.54) is 18.3 Å². The van der Waals surface area contributed by atoms with Crippen LogP contribution in [0, 0.1) is 5.82 Å². The number of ether oxygens (including phenoxy) is 1. The molecule has 0 unspecified atom stereocenters. The Morgan fingerprint density at radius 1 is 1.30 bits per heavy atom. The van der Waals surface area contributed by atoms with Gasteiger partial charge in [0.2, 0.25) is 15.9 Å². The lowest BCUT2D eigenvalue weighted by molar-refractivity contribution is -0.117. The Kier molecular flexibility index (Phi) is 5.71. The molecule has 1 aliphatic rings. The predicted octanol–water partition coefficient (Wildman–Crippen LogP) is 2.22. The maximum atomic E-state index is 13.9. The molecule has 0 bridgehead atoms. The fourth-order valence-electron chi connectivity index (χ4n) is 2.79. The highest BCUT2D eigenvalue weighted by Crippen LogP contribution is 2.22. The van der Waals surface area contributed by atoms with Gasteiger partial charge in [0.05, 0.1) is 11.5 Å². The summed E-state index contributed by atoms with van der Waals surface area (Å²) in [4.78, 5) is 17.4. The van der Waals surface area contributed by atoms with Crippen LogP contribution in [0.2, 0.25) is 0 Å².